The number of carbonyl (C=O) groups is 2. The molecule has 166 valence electrons. The molecule has 0 spiro atoms. The number of halogens is 1. The minimum Gasteiger partial charge on any atom is -0.326 e. The normalized spacial score (nSPS) is 11.6. The molecule has 1 heterocycles. The van der Waals surface area contributed by atoms with Gasteiger partial charge in [-0.2, -0.15) is 0 Å². The molecule has 2 amide bonds. The summed E-state index contributed by atoms with van der Waals surface area (Å²) in [6.45, 7) is 5.12. The average Bonchev–Trinajstić information content (AvgIpc) is 2.73. The fraction of sp³-hybridized carbons (Fsp3) is 0.227. The average molecular weight is 472 g/mol. The molecule has 1 atom stereocenters. The second-order valence-corrected chi connectivity index (χ2v) is 8.68. The van der Waals surface area contributed by atoms with Crippen LogP contribution in [0.15, 0.2) is 52.4 Å². The first-order valence-corrected chi connectivity index (χ1v) is 11.1. The maximum Gasteiger partial charge on any atom is 0.278 e. The minimum atomic E-state index is -0.501. The predicted molar refractivity (Wildman–Crippen MR) is 127 cm³/mol. The van der Waals surface area contributed by atoms with E-state index in [2.05, 4.69) is 25.8 Å². The lowest BCUT2D eigenvalue weighted by Gasteiger charge is -2.14. The van der Waals surface area contributed by atoms with Crippen molar-refractivity contribution in [3.05, 3.63) is 63.4 Å². The third kappa shape index (κ3) is 5.95. The van der Waals surface area contributed by atoms with Crippen LogP contribution in [0.25, 0.3) is 11.3 Å². The van der Waals surface area contributed by atoms with Crippen molar-refractivity contribution >= 4 is 46.6 Å². The number of hydrogen-bond donors (Lipinski definition) is 3. The van der Waals surface area contributed by atoms with Crippen molar-refractivity contribution in [2.24, 2.45) is 0 Å². The Morgan fingerprint density at radius 3 is 2.59 bits per heavy atom. The third-order valence-corrected chi connectivity index (χ3v) is 5.90. The summed E-state index contributed by atoms with van der Waals surface area (Å²) in [5.74, 6) is -0.499. The summed E-state index contributed by atoms with van der Waals surface area (Å²) in [7, 11) is 0. The Labute approximate surface area is 194 Å². The van der Waals surface area contributed by atoms with E-state index >= 15 is 0 Å². The highest BCUT2D eigenvalue weighted by molar-refractivity contribution is 8.00. The molecule has 2 aromatic carbocycles. The van der Waals surface area contributed by atoms with Crippen molar-refractivity contribution in [1.82, 2.24) is 15.2 Å². The molecule has 3 N–H and O–H groups in total. The van der Waals surface area contributed by atoms with E-state index in [4.69, 9.17) is 11.6 Å². The first-order chi connectivity index (χ1) is 15.3. The second kappa shape index (κ2) is 10.4. The topological polar surface area (TPSA) is 117 Å². The fourth-order valence-electron chi connectivity index (χ4n) is 2.95. The summed E-state index contributed by atoms with van der Waals surface area (Å²) in [6, 6.07) is 12.2. The van der Waals surface area contributed by atoms with Crippen LogP contribution in [0.4, 0.5) is 11.4 Å². The number of anilines is 2. The molecule has 0 fully saturated rings. The van der Waals surface area contributed by atoms with Gasteiger partial charge in [0.2, 0.25) is 11.8 Å². The zero-order valence-electron chi connectivity index (χ0n) is 17.7. The Bertz CT molecular complexity index is 1210. The molecule has 0 unspecified atom stereocenters. The van der Waals surface area contributed by atoms with E-state index in [-0.39, 0.29) is 22.7 Å². The Morgan fingerprint density at radius 2 is 1.94 bits per heavy atom. The van der Waals surface area contributed by atoms with Crippen molar-refractivity contribution in [3.63, 3.8) is 0 Å². The summed E-state index contributed by atoms with van der Waals surface area (Å²) >= 11 is 7.08. The van der Waals surface area contributed by atoms with E-state index in [1.165, 1.54) is 6.92 Å². The number of carbonyl (C=O) groups excluding carboxylic acids is 2. The molecule has 3 rings (SSSR count). The number of thioether (sulfide) groups is 1. The van der Waals surface area contributed by atoms with Gasteiger partial charge in [-0.1, -0.05) is 48.0 Å². The van der Waals surface area contributed by atoms with Crippen LogP contribution < -0.4 is 16.2 Å². The van der Waals surface area contributed by atoms with E-state index in [1.807, 2.05) is 19.9 Å². The summed E-state index contributed by atoms with van der Waals surface area (Å²) < 4.78 is 0. The van der Waals surface area contributed by atoms with Gasteiger partial charge in [0.15, 0.2) is 10.9 Å². The maximum atomic E-state index is 12.8. The van der Waals surface area contributed by atoms with Gasteiger partial charge >= 0.3 is 0 Å². The maximum absolute atomic E-state index is 12.8. The number of hydrogen-bond acceptors (Lipinski definition) is 6. The molecular weight excluding hydrogens is 450 g/mol. The highest BCUT2D eigenvalue weighted by atomic mass is 35.5. The van der Waals surface area contributed by atoms with Crippen molar-refractivity contribution in [2.45, 2.75) is 37.6 Å². The number of amides is 2. The van der Waals surface area contributed by atoms with Gasteiger partial charge in [-0.25, -0.2) is 0 Å². The quantitative estimate of drug-likeness (QED) is 0.443. The Kier molecular flexibility index (Phi) is 7.66. The molecule has 8 nitrogen and oxygen atoms in total. The van der Waals surface area contributed by atoms with Gasteiger partial charge in [0, 0.05) is 23.2 Å². The van der Waals surface area contributed by atoms with Crippen LogP contribution in [0.5, 0.6) is 0 Å². The summed E-state index contributed by atoms with van der Waals surface area (Å²) in [4.78, 5) is 39.6. The lowest BCUT2D eigenvalue weighted by atomic mass is 10.1. The number of nitrogens with one attached hydrogen (secondary N) is 3. The van der Waals surface area contributed by atoms with Gasteiger partial charge in [0.1, 0.15) is 0 Å². The molecule has 0 saturated heterocycles. The number of benzene rings is 2. The first kappa shape index (κ1) is 23.5. The van der Waals surface area contributed by atoms with E-state index < -0.39 is 10.8 Å². The largest absolute Gasteiger partial charge is 0.326 e. The smallest absolute Gasteiger partial charge is 0.278 e. The molecule has 0 aliphatic carbocycles. The van der Waals surface area contributed by atoms with Crippen molar-refractivity contribution in [1.29, 1.82) is 0 Å². The molecule has 0 bridgehead atoms. The molecule has 32 heavy (non-hydrogen) atoms. The standard InChI is InChI=1S/C22H22ClN5O3S/c1-4-18(20(30)25-15-7-5-6-14(23)11-15)32-22-26-21(31)19(27-28-22)16-10-12(2)8-9-17(16)24-13(3)29/h5-11,18H,4H2,1-3H3,(H,24,29)(H,25,30)(H,26,28,31)/t18-/m1/s1. The third-order valence-electron chi connectivity index (χ3n) is 4.43. The van der Waals surface area contributed by atoms with Crippen LogP contribution >= 0.6 is 23.4 Å². The highest BCUT2D eigenvalue weighted by Crippen LogP contribution is 2.27. The molecule has 0 aliphatic heterocycles. The zero-order valence-corrected chi connectivity index (χ0v) is 19.3. The van der Waals surface area contributed by atoms with Crippen molar-refractivity contribution in [3.8, 4) is 11.3 Å². The van der Waals surface area contributed by atoms with Gasteiger partial charge in [-0.3, -0.25) is 19.4 Å². The van der Waals surface area contributed by atoms with E-state index in [9.17, 15) is 14.4 Å². The SMILES string of the molecule is CC[C@@H](Sc1nnc(-c2cc(C)ccc2NC(C)=O)c(=O)[nH]1)C(=O)Nc1cccc(Cl)c1. The van der Waals surface area contributed by atoms with Crippen molar-refractivity contribution < 1.29 is 9.59 Å². The molecular formula is C22H22ClN5O3S. The van der Waals surface area contributed by atoms with Gasteiger partial charge in [-0.15, -0.1) is 10.2 Å². The van der Waals surface area contributed by atoms with E-state index in [0.717, 1.165) is 17.3 Å². The van der Waals surface area contributed by atoms with Crippen LogP contribution in [-0.4, -0.2) is 32.2 Å². The molecule has 0 saturated carbocycles. The van der Waals surface area contributed by atoms with Crippen LogP contribution in [0, 0.1) is 6.92 Å². The monoisotopic (exact) mass is 471 g/mol. The second-order valence-electron chi connectivity index (χ2n) is 7.05. The van der Waals surface area contributed by atoms with Gasteiger partial charge in [0.05, 0.1) is 10.9 Å². The van der Waals surface area contributed by atoms with Crippen molar-refractivity contribution in [2.75, 3.05) is 10.6 Å². The Morgan fingerprint density at radius 1 is 1.16 bits per heavy atom. The van der Waals surface area contributed by atoms with Crippen LogP contribution in [0.2, 0.25) is 5.02 Å². The van der Waals surface area contributed by atoms with Crippen LogP contribution in [0.3, 0.4) is 0 Å². The van der Waals surface area contributed by atoms with Gasteiger partial charge in [-0.05, 0) is 43.7 Å². The first-order valence-electron chi connectivity index (χ1n) is 9.85. The fourth-order valence-corrected chi connectivity index (χ4v) is 3.98. The van der Waals surface area contributed by atoms with E-state index in [1.54, 1.807) is 36.4 Å². The summed E-state index contributed by atoms with van der Waals surface area (Å²) in [6.07, 6.45) is 0.507. The Balaban J connectivity index is 1.82. The number of aromatic nitrogens is 3. The lowest BCUT2D eigenvalue weighted by molar-refractivity contribution is -0.116. The molecule has 0 radical (unpaired) electrons. The molecule has 3 aromatic rings. The van der Waals surface area contributed by atoms with E-state index in [0.29, 0.717) is 28.4 Å². The number of aromatic amines is 1. The minimum absolute atomic E-state index is 0.0817. The highest BCUT2D eigenvalue weighted by Gasteiger charge is 2.21. The van der Waals surface area contributed by atoms with Crippen LogP contribution in [-0.2, 0) is 9.59 Å². The molecule has 0 aliphatic rings. The predicted octanol–water partition coefficient (Wildman–Crippen LogP) is 4.26. The molecule has 1 aromatic heterocycles. The summed E-state index contributed by atoms with van der Waals surface area (Å²) in [5.41, 5.74) is 2.04. The number of H-pyrrole nitrogens is 1. The number of rotatable bonds is 7. The van der Waals surface area contributed by atoms with Gasteiger partial charge < -0.3 is 10.6 Å². The summed E-state index contributed by atoms with van der Waals surface area (Å²) in [5, 5.41) is 13.9. The number of nitrogens with zero attached hydrogens (tertiary/aromatic N) is 2. The van der Waals surface area contributed by atoms with Gasteiger partial charge in [0.25, 0.3) is 5.56 Å². The number of aryl methyl sites for hydroxylation is 1. The zero-order chi connectivity index (χ0) is 23.3. The lowest BCUT2D eigenvalue weighted by Crippen LogP contribution is -2.25. The van der Waals surface area contributed by atoms with Crippen LogP contribution in [0.1, 0.15) is 25.8 Å². The Hall–Kier alpha value is -3.17. The molecule has 10 heteroatoms.